The molecule has 2 nitrogen and oxygen atoms in total. The van der Waals surface area contributed by atoms with Gasteiger partial charge in [-0.05, 0) is 69.7 Å². The molecule has 0 unspecified atom stereocenters. The summed E-state index contributed by atoms with van der Waals surface area (Å²) in [5.74, 6) is 0.248. The second-order valence-corrected chi connectivity index (χ2v) is 7.70. The molecule has 0 aliphatic rings. The van der Waals surface area contributed by atoms with Crippen molar-refractivity contribution in [3.05, 3.63) is 26.6 Å². The zero-order valence-corrected chi connectivity index (χ0v) is 14.2. The van der Waals surface area contributed by atoms with E-state index in [0.29, 0.717) is 8.95 Å². The molecule has 2 N–H and O–H groups in total. The summed E-state index contributed by atoms with van der Waals surface area (Å²) in [5.41, 5.74) is 1.14. The van der Waals surface area contributed by atoms with Gasteiger partial charge >= 0.3 is 0 Å². The first kappa shape index (κ1) is 15.3. The highest BCUT2D eigenvalue weighted by Crippen LogP contribution is 2.33. The van der Waals surface area contributed by atoms with Crippen LogP contribution >= 0.6 is 43.6 Å². The van der Waals surface area contributed by atoms with Gasteiger partial charge in [0.2, 0.25) is 0 Å². The second-order valence-electron chi connectivity index (χ2n) is 4.48. The Kier molecular flexibility index (Phi) is 5.83. The van der Waals surface area contributed by atoms with E-state index in [1.807, 2.05) is 23.9 Å². The van der Waals surface area contributed by atoms with Gasteiger partial charge in [-0.2, -0.15) is 11.8 Å². The number of aromatic hydroxyl groups is 1. The van der Waals surface area contributed by atoms with E-state index in [9.17, 15) is 5.11 Å². The maximum atomic E-state index is 9.61. The van der Waals surface area contributed by atoms with Crippen molar-refractivity contribution in [3.63, 3.8) is 0 Å². The number of phenolic OH excluding ortho intramolecular Hbond substituents is 1. The third-order valence-corrected chi connectivity index (χ3v) is 4.97. The molecule has 17 heavy (non-hydrogen) atoms. The molecule has 96 valence electrons. The molecule has 0 aliphatic carbocycles. The number of hydrogen-bond donors (Lipinski definition) is 2. The van der Waals surface area contributed by atoms with Crippen molar-refractivity contribution < 1.29 is 5.11 Å². The molecule has 0 atom stereocenters. The SMILES string of the molecule is CSC(C)(C)CNCc1cc(Br)c(O)c(Br)c1. The van der Waals surface area contributed by atoms with Crippen LogP contribution in [-0.4, -0.2) is 22.7 Å². The van der Waals surface area contributed by atoms with Crippen molar-refractivity contribution >= 4 is 43.6 Å². The Morgan fingerprint density at radius 3 is 2.29 bits per heavy atom. The molecular formula is C12H17Br2NOS. The predicted molar refractivity (Wildman–Crippen MR) is 82.8 cm³/mol. The van der Waals surface area contributed by atoms with Gasteiger partial charge in [0.05, 0.1) is 8.95 Å². The number of nitrogens with one attached hydrogen (secondary N) is 1. The molecule has 0 aromatic heterocycles. The van der Waals surface area contributed by atoms with Gasteiger partial charge in [-0.3, -0.25) is 0 Å². The van der Waals surface area contributed by atoms with Crippen LogP contribution in [0.4, 0.5) is 0 Å². The monoisotopic (exact) mass is 381 g/mol. The van der Waals surface area contributed by atoms with E-state index in [1.165, 1.54) is 0 Å². The first-order chi connectivity index (χ1) is 7.85. The molecule has 0 aliphatic heterocycles. The normalized spacial score (nSPS) is 11.8. The maximum Gasteiger partial charge on any atom is 0.143 e. The number of halogens is 2. The molecule has 1 aromatic carbocycles. The van der Waals surface area contributed by atoms with E-state index >= 15 is 0 Å². The standard InChI is InChI=1S/C12H17Br2NOS/c1-12(2,17-3)7-15-6-8-4-9(13)11(16)10(14)5-8/h4-5,15-16H,6-7H2,1-3H3. The molecule has 0 fully saturated rings. The zero-order chi connectivity index (χ0) is 13.1. The molecule has 0 spiro atoms. The van der Waals surface area contributed by atoms with Crippen molar-refractivity contribution in [2.75, 3.05) is 12.8 Å². The summed E-state index contributed by atoms with van der Waals surface area (Å²) in [7, 11) is 0. The summed E-state index contributed by atoms with van der Waals surface area (Å²) in [6.45, 7) is 6.17. The van der Waals surface area contributed by atoms with Gasteiger partial charge in [-0.15, -0.1) is 0 Å². The van der Waals surface area contributed by atoms with E-state index in [-0.39, 0.29) is 10.5 Å². The Labute approximate surface area is 124 Å². The summed E-state index contributed by atoms with van der Waals surface area (Å²) in [5, 5.41) is 13.0. The molecule has 5 heteroatoms. The van der Waals surface area contributed by atoms with Crippen molar-refractivity contribution in [3.8, 4) is 5.75 Å². The fourth-order valence-electron chi connectivity index (χ4n) is 1.30. The highest BCUT2D eigenvalue weighted by molar-refractivity contribution is 9.11. The third-order valence-electron chi connectivity index (χ3n) is 2.51. The van der Waals surface area contributed by atoms with E-state index in [1.54, 1.807) is 0 Å². The van der Waals surface area contributed by atoms with Crippen molar-refractivity contribution in [1.29, 1.82) is 0 Å². The zero-order valence-electron chi connectivity index (χ0n) is 10.2. The molecule has 0 bridgehead atoms. The summed E-state index contributed by atoms with van der Waals surface area (Å²) in [6.07, 6.45) is 2.12. The lowest BCUT2D eigenvalue weighted by atomic mass is 10.2. The van der Waals surface area contributed by atoms with Gasteiger partial charge in [-0.25, -0.2) is 0 Å². The quantitative estimate of drug-likeness (QED) is 0.802. The number of phenols is 1. The number of rotatable bonds is 5. The number of thioether (sulfide) groups is 1. The van der Waals surface area contributed by atoms with Gasteiger partial charge in [0, 0.05) is 17.8 Å². The van der Waals surface area contributed by atoms with Crippen LogP contribution in [0.3, 0.4) is 0 Å². The van der Waals surface area contributed by atoms with Crippen LogP contribution in [0.5, 0.6) is 5.75 Å². The van der Waals surface area contributed by atoms with Crippen molar-refractivity contribution in [2.45, 2.75) is 25.1 Å². The largest absolute Gasteiger partial charge is 0.506 e. The van der Waals surface area contributed by atoms with Crippen LogP contribution in [0.25, 0.3) is 0 Å². The molecule has 1 rings (SSSR count). The summed E-state index contributed by atoms with van der Waals surface area (Å²) < 4.78 is 1.67. The summed E-state index contributed by atoms with van der Waals surface area (Å²) in [4.78, 5) is 0. The van der Waals surface area contributed by atoms with Gasteiger partial charge in [0.1, 0.15) is 5.75 Å². The molecule has 0 saturated heterocycles. The fraction of sp³-hybridized carbons (Fsp3) is 0.500. The van der Waals surface area contributed by atoms with E-state index in [4.69, 9.17) is 0 Å². The second kappa shape index (κ2) is 6.45. The molecule has 0 heterocycles. The minimum atomic E-state index is 0.241. The van der Waals surface area contributed by atoms with Gasteiger partial charge in [0.15, 0.2) is 0 Å². The lowest BCUT2D eigenvalue weighted by molar-refractivity contribution is 0.468. The predicted octanol–water partition coefficient (Wildman–Crippen LogP) is 4.15. The Morgan fingerprint density at radius 1 is 1.29 bits per heavy atom. The Morgan fingerprint density at radius 2 is 1.82 bits per heavy atom. The minimum absolute atomic E-state index is 0.241. The van der Waals surface area contributed by atoms with Crippen LogP contribution in [-0.2, 0) is 6.54 Å². The van der Waals surface area contributed by atoms with Crippen LogP contribution in [0.1, 0.15) is 19.4 Å². The average Bonchev–Trinajstić information content (AvgIpc) is 2.25. The summed E-state index contributed by atoms with van der Waals surface area (Å²) >= 11 is 8.51. The van der Waals surface area contributed by atoms with Crippen molar-refractivity contribution in [1.82, 2.24) is 5.32 Å². The Hall–Kier alpha value is 0.290. The number of benzene rings is 1. The smallest absolute Gasteiger partial charge is 0.143 e. The summed E-state index contributed by atoms with van der Waals surface area (Å²) in [6, 6.07) is 3.86. The van der Waals surface area contributed by atoms with Crippen LogP contribution < -0.4 is 5.32 Å². The maximum absolute atomic E-state index is 9.61. The molecule has 0 radical (unpaired) electrons. The first-order valence-electron chi connectivity index (χ1n) is 5.28. The lowest BCUT2D eigenvalue weighted by Crippen LogP contribution is -2.31. The van der Waals surface area contributed by atoms with Crippen LogP contribution in [0.15, 0.2) is 21.1 Å². The van der Waals surface area contributed by atoms with E-state index < -0.39 is 0 Å². The van der Waals surface area contributed by atoms with Crippen LogP contribution in [0.2, 0.25) is 0 Å². The highest BCUT2D eigenvalue weighted by Gasteiger charge is 2.15. The highest BCUT2D eigenvalue weighted by atomic mass is 79.9. The third kappa shape index (κ3) is 4.81. The van der Waals surface area contributed by atoms with E-state index in [2.05, 4.69) is 57.3 Å². The molecule has 0 saturated carbocycles. The van der Waals surface area contributed by atoms with Gasteiger partial charge in [-0.1, -0.05) is 0 Å². The van der Waals surface area contributed by atoms with Gasteiger partial charge < -0.3 is 10.4 Å². The number of hydrogen-bond acceptors (Lipinski definition) is 3. The Bertz CT molecular complexity index is 373. The van der Waals surface area contributed by atoms with Gasteiger partial charge in [0.25, 0.3) is 0 Å². The fourth-order valence-corrected chi connectivity index (χ4v) is 2.83. The van der Waals surface area contributed by atoms with Crippen LogP contribution in [0, 0.1) is 0 Å². The molecule has 0 amide bonds. The van der Waals surface area contributed by atoms with E-state index in [0.717, 1.165) is 18.7 Å². The Balaban J connectivity index is 2.59. The topological polar surface area (TPSA) is 32.3 Å². The average molecular weight is 383 g/mol. The van der Waals surface area contributed by atoms with Crippen molar-refractivity contribution in [2.24, 2.45) is 0 Å². The minimum Gasteiger partial charge on any atom is -0.506 e. The lowest BCUT2D eigenvalue weighted by Gasteiger charge is -2.22. The first-order valence-corrected chi connectivity index (χ1v) is 8.09. The molecule has 1 aromatic rings. The molecular weight excluding hydrogens is 366 g/mol.